The molecule has 0 saturated heterocycles. The number of anilines is 1. The Bertz CT molecular complexity index is 350. The van der Waals surface area contributed by atoms with Crippen molar-refractivity contribution >= 4 is 5.95 Å². The number of hydrogen-bond acceptors (Lipinski definition) is 4. The molecule has 1 aliphatic rings. The van der Waals surface area contributed by atoms with Crippen molar-refractivity contribution in [1.29, 1.82) is 0 Å². The maximum absolute atomic E-state index is 5.38. The van der Waals surface area contributed by atoms with Crippen LogP contribution in [0.4, 0.5) is 5.95 Å². The highest BCUT2D eigenvalue weighted by Crippen LogP contribution is 2.26. The van der Waals surface area contributed by atoms with Gasteiger partial charge < -0.3 is 10.1 Å². The van der Waals surface area contributed by atoms with Gasteiger partial charge in [0, 0.05) is 18.3 Å². The SMILES string of the molecule is CCOc1cc(C)nc(NCC2CCC2)n1. The largest absolute Gasteiger partial charge is 0.478 e. The van der Waals surface area contributed by atoms with E-state index in [1.54, 1.807) is 0 Å². The maximum Gasteiger partial charge on any atom is 0.226 e. The molecule has 1 heterocycles. The van der Waals surface area contributed by atoms with Crippen LogP contribution in [0.1, 0.15) is 31.9 Å². The van der Waals surface area contributed by atoms with Crippen molar-refractivity contribution in [2.75, 3.05) is 18.5 Å². The smallest absolute Gasteiger partial charge is 0.226 e. The molecular weight excluding hydrogens is 202 g/mol. The van der Waals surface area contributed by atoms with Gasteiger partial charge in [0.25, 0.3) is 0 Å². The highest BCUT2D eigenvalue weighted by atomic mass is 16.5. The number of ether oxygens (including phenoxy) is 1. The minimum Gasteiger partial charge on any atom is -0.478 e. The van der Waals surface area contributed by atoms with Gasteiger partial charge in [-0.15, -0.1) is 0 Å². The molecule has 1 fully saturated rings. The molecule has 1 aliphatic carbocycles. The molecule has 0 amide bonds. The Morgan fingerprint density at radius 2 is 2.25 bits per heavy atom. The molecule has 2 rings (SSSR count). The van der Waals surface area contributed by atoms with Crippen molar-refractivity contribution in [3.63, 3.8) is 0 Å². The molecule has 0 aromatic carbocycles. The third-order valence-electron chi connectivity index (χ3n) is 2.90. The van der Waals surface area contributed by atoms with E-state index in [0.29, 0.717) is 18.4 Å². The predicted octanol–water partition coefficient (Wildman–Crippen LogP) is 2.40. The third-order valence-corrected chi connectivity index (χ3v) is 2.90. The molecule has 1 aromatic rings. The third kappa shape index (κ3) is 2.84. The summed E-state index contributed by atoms with van der Waals surface area (Å²) < 4.78 is 5.38. The molecule has 1 saturated carbocycles. The summed E-state index contributed by atoms with van der Waals surface area (Å²) in [5.41, 5.74) is 0.939. The number of nitrogens with one attached hydrogen (secondary N) is 1. The number of nitrogens with zero attached hydrogens (tertiary/aromatic N) is 2. The van der Waals surface area contributed by atoms with E-state index in [9.17, 15) is 0 Å². The molecule has 4 nitrogen and oxygen atoms in total. The predicted molar refractivity (Wildman–Crippen MR) is 63.8 cm³/mol. The van der Waals surface area contributed by atoms with E-state index in [-0.39, 0.29) is 0 Å². The van der Waals surface area contributed by atoms with Gasteiger partial charge in [-0.3, -0.25) is 0 Å². The van der Waals surface area contributed by atoms with E-state index < -0.39 is 0 Å². The van der Waals surface area contributed by atoms with Gasteiger partial charge in [0.2, 0.25) is 11.8 Å². The van der Waals surface area contributed by atoms with Crippen LogP contribution < -0.4 is 10.1 Å². The fourth-order valence-corrected chi connectivity index (χ4v) is 1.77. The van der Waals surface area contributed by atoms with Crippen LogP contribution in [-0.2, 0) is 0 Å². The summed E-state index contributed by atoms with van der Waals surface area (Å²) in [6.45, 7) is 5.53. The van der Waals surface area contributed by atoms with Gasteiger partial charge in [-0.2, -0.15) is 4.98 Å². The average molecular weight is 221 g/mol. The highest BCUT2D eigenvalue weighted by Gasteiger charge is 2.17. The molecule has 0 radical (unpaired) electrons. The summed E-state index contributed by atoms with van der Waals surface area (Å²) in [4.78, 5) is 8.65. The second kappa shape index (κ2) is 5.14. The standard InChI is InChI=1S/C12H19N3O/c1-3-16-11-7-9(2)14-12(15-11)13-8-10-5-4-6-10/h7,10H,3-6,8H2,1-2H3,(H,13,14,15). The van der Waals surface area contributed by atoms with Gasteiger partial charge in [0.15, 0.2) is 0 Å². The summed E-state index contributed by atoms with van der Waals surface area (Å²) >= 11 is 0. The van der Waals surface area contributed by atoms with Crippen LogP contribution in [0.15, 0.2) is 6.07 Å². The van der Waals surface area contributed by atoms with Gasteiger partial charge in [-0.1, -0.05) is 6.42 Å². The molecule has 0 aliphatic heterocycles. The van der Waals surface area contributed by atoms with Gasteiger partial charge in [0.05, 0.1) is 6.61 Å². The van der Waals surface area contributed by atoms with Gasteiger partial charge in [-0.05, 0) is 32.6 Å². The van der Waals surface area contributed by atoms with E-state index in [1.807, 2.05) is 19.9 Å². The monoisotopic (exact) mass is 221 g/mol. The molecule has 88 valence electrons. The first-order valence-electron chi connectivity index (χ1n) is 6.00. The van der Waals surface area contributed by atoms with E-state index in [0.717, 1.165) is 18.2 Å². The maximum atomic E-state index is 5.38. The summed E-state index contributed by atoms with van der Waals surface area (Å²) in [7, 11) is 0. The van der Waals surface area contributed by atoms with Gasteiger partial charge >= 0.3 is 0 Å². The Kier molecular flexibility index (Phi) is 3.59. The molecule has 0 bridgehead atoms. The zero-order valence-corrected chi connectivity index (χ0v) is 9.99. The summed E-state index contributed by atoms with van der Waals surface area (Å²) in [5.74, 6) is 2.15. The Morgan fingerprint density at radius 3 is 2.88 bits per heavy atom. The molecular formula is C12H19N3O. The first kappa shape index (κ1) is 11.2. The number of hydrogen-bond donors (Lipinski definition) is 1. The van der Waals surface area contributed by atoms with Crippen molar-refractivity contribution in [2.45, 2.75) is 33.1 Å². The lowest BCUT2D eigenvalue weighted by atomic mass is 9.85. The number of aryl methyl sites for hydroxylation is 1. The molecule has 0 spiro atoms. The van der Waals surface area contributed by atoms with Gasteiger partial charge in [0.1, 0.15) is 0 Å². The zero-order chi connectivity index (χ0) is 11.4. The van der Waals surface area contributed by atoms with Crippen LogP contribution in [-0.4, -0.2) is 23.1 Å². The Hall–Kier alpha value is -1.32. The Balaban J connectivity index is 1.95. The molecule has 4 heteroatoms. The molecule has 1 N–H and O–H groups in total. The summed E-state index contributed by atoms with van der Waals surface area (Å²) in [5, 5.41) is 3.28. The lowest BCUT2D eigenvalue weighted by molar-refractivity contribution is 0.324. The minimum absolute atomic E-state index is 0.637. The first-order chi connectivity index (χ1) is 7.78. The molecule has 0 unspecified atom stereocenters. The first-order valence-corrected chi connectivity index (χ1v) is 6.00. The van der Waals surface area contributed by atoms with Crippen molar-refractivity contribution in [3.8, 4) is 5.88 Å². The second-order valence-electron chi connectivity index (χ2n) is 4.28. The van der Waals surface area contributed by atoms with Crippen molar-refractivity contribution in [2.24, 2.45) is 5.92 Å². The Labute approximate surface area is 96.4 Å². The number of aromatic nitrogens is 2. The fourth-order valence-electron chi connectivity index (χ4n) is 1.77. The normalized spacial score (nSPS) is 15.6. The summed E-state index contributed by atoms with van der Waals surface area (Å²) in [6, 6.07) is 1.86. The zero-order valence-electron chi connectivity index (χ0n) is 9.99. The van der Waals surface area contributed by atoms with Crippen LogP contribution in [0.2, 0.25) is 0 Å². The van der Waals surface area contributed by atoms with E-state index >= 15 is 0 Å². The van der Waals surface area contributed by atoms with Crippen LogP contribution in [0.25, 0.3) is 0 Å². The van der Waals surface area contributed by atoms with E-state index in [1.165, 1.54) is 19.3 Å². The average Bonchev–Trinajstić information content (AvgIpc) is 2.14. The Morgan fingerprint density at radius 1 is 1.44 bits per heavy atom. The molecule has 0 atom stereocenters. The quantitative estimate of drug-likeness (QED) is 0.829. The van der Waals surface area contributed by atoms with E-state index in [4.69, 9.17) is 4.74 Å². The van der Waals surface area contributed by atoms with Crippen LogP contribution in [0, 0.1) is 12.8 Å². The summed E-state index contributed by atoms with van der Waals surface area (Å²) in [6.07, 6.45) is 4.03. The van der Waals surface area contributed by atoms with Crippen molar-refractivity contribution in [1.82, 2.24) is 9.97 Å². The highest BCUT2D eigenvalue weighted by molar-refractivity contribution is 5.30. The van der Waals surface area contributed by atoms with E-state index in [2.05, 4.69) is 15.3 Å². The topological polar surface area (TPSA) is 47.0 Å². The lowest BCUT2D eigenvalue weighted by Crippen LogP contribution is -2.22. The van der Waals surface area contributed by atoms with Gasteiger partial charge in [-0.25, -0.2) is 4.98 Å². The molecule has 16 heavy (non-hydrogen) atoms. The van der Waals surface area contributed by atoms with Crippen LogP contribution in [0.3, 0.4) is 0 Å². The number of rotatable bonds is 5. The van der Waals surface area contributed by atoms with Crippen molar-refractivity contribution < 1.29 is 4.74 Å². The molecule has 1 aromatic heterocycles. The van der Waals surface area contributed by atoms with Crippen LogP contribution >= 0.6 is 0 Å². The second-order valence-corrected chi connectivity index (χ2v) is 4.28. The lowest BCUT2D eigenvalue weighted by Gasteiger charge is -2.25. The van der Waals surface area contributed by atoms with Crippen molar-refractivity contribution in [3.05, 3.63) is 11.8 Å². The minimum atomic E-state index is 0.637. The van der Waals surface area contributed by atoms with Crippen LogP contribution in [0.5, 0.6) is 5.88 Å². The fraction of sp³-hybridized carbons (Fsp3) is 0.667.